The lowest BCUT2D eigenvalue weighted by atomic mass is 10.2. The average Bonchev–Trinajstić information content (AvgIpc) is 3.03. The number of non-ortho nitro benzene ring substituents is 1. The summed E-state index contributed by atoms with van der Waals surface area (Å²) in [5, 5.41) is 23.0. The van der Waals surface area contributed by atoms with Gasteiger partial charge in [-0.05, 0) is 24.6 Å². The van der Waals surface area contributed by atoms with Crippen LogP contribution in [0.25, 0.3) is 0 Å². The molecule has 0 fully saturated rings. The van der Waals surface area contributed by atoms with Crippen LogP contribution in [0.3, 0.4) is 0 Å². The predicted molar refractivity (Wildman–Crippen MR) is 97.0 cm³/mol. The fourth-order valence-corrected chi connectivity index (χ4v) is 3.70. The summed E-state index contributed by atoms with van der Waals surface area (Å²) in [6.07, 6.45) is 0. The number of rotatable bonds is 6. The first kappa shape index (κ1) is 16.4. The van der Waals surface area contributed by atoms with Crippen molar-refractivity contribution in [3.63, 3.8) is 0 Å². The van der Waals surface area contributed by atoms with Crippen LogP contribution in [-0.4, -0.2) is 15.1 Å². The Balaban J connectivity index is 1.61. The molecule has 6 nitrogen and oxygen atoms in total. The molecular formula is C16H14N4O2S2. The third kappa shape index (κ3) is 4.30. The van der Waals surface area contributed by atoms with Gasteiger partial charge in [0.2, 0.25) is 5.13 Å². The summed E-state index contributed by atoms with van der Waals surface area (Å²) >= 11 is 2.97. The maximum atomic E-state index is 10.8. The van der Waals surface area contributed by atoms with Crippen LogP contribution in [0.15, 0.2) is 52.9 Å². The molecule has 24 heavy (non-hydrogen) atoms. The molecule has 0 aliphatic carbocycles. The molecule has 8 heteroatoms. The SMILES string of the molecule is Cc1ccc(Nc2nnc(SCc3cccc([N+](=O)[O-])c3)s2)cc1. The Hall–Kier alpha value is -2.45. The van der Waals surface area contributed by atoms with Gasteiger partial charge >= 0.3 is 0 Å². The second-order valence-electron chi connectivity index (χ2n) is 5.08. The molecule has 0 saturated carbocycles. The van der Waals surface area contributed by atoms with Gasteiger partial charge in [0.25, 0.3) is 5.69 Å². The van der Waals surface area contributed by atoms with Crippen molar-refractivity contribution in [3.8, 4) is 0 Å². The molecule has 0 aliphatic rings. The molecule has 0 bridgehead atoms. The zero-order valence-corrected chi connectivity index (χ0v) is 14.4. The van der Waals surface area contributed by atoms with Crippen molar-refractivity contribution in [2.75, 3.05) is 5.32 Å². The fraction of sp³-hybridized carbons (Fsp3) is 0.125. The highest BCUT2D eigenvalue weighted by Crippen LogP contribution is 2.30. The van der Waals surface area contributed by atoms with Crippen molar-refractivity contribution in [2.45, 2.75) is 17.0 Å². The highest BCUT2D eigenvalue weighted by molar-refractivity contribution is 8.00. The van der Waals surface area contributed by atoms with Gasteiger partial charge in [-0.25, -0.2) is 0 Å². The normalized spacial score (nSPS) is 10.5. The molecule has 1 aromatic heterocycles. The number of aryl methyl sites for hydroxylation is 1. The first-order valence-electron chi connectivity index (χ1n) is 7.13. The lowest BCUT2D eigenvalue weighted by Gasteiger charge is -2.01. The molecule has 0 unspecified atom stereocenters. The fourth-order valence-electron chi connectivity index (χ4n) is 1.98. The second-order valence-corrected chi connectivity index (χ2v) is 7.28. The number of hydrogen-bond acceptors (Lipinski definition) is 7. The van der Waals surface area contributed by atoms with E-state index in [0.717, 1.165) is 20.7 Å². The van der Waals surface area contributed by atoms with Crippen molar-refractivity contribution < 1.29 is 4.92 Å². The van der Waals surface area contributed by atoms with Crippen LogP contribution >= 0.6 is 23.1 Å². The lowest BCUT2D eigenvalue weighted by molar-refractivity contribution is -0.384. The standard InChI is InChI=1S/C16H14N4O2S2/c1-11-5-7-13(8-6-11)17-15-18-19-16(24-15)23-10-12-3-2-4-14(9-12)20(21)22/h2-9H,10H2,1H3,(H,17,18). The van der Waals surface area contributed by atoms with Crippen LogP contribution in [0.5, 0.6) is 0 Å². The second kappa shape index (κ2) is 7.41. The Kier molecular flexibility index (Phi) is 5.07. The Bertz CT molecular complexity index is 849. The van der Waals surface area contributed by atoms with Crippen molar-refractivity contribution in [2.24, 2.45) is 0 Å². The van der Waals surface area contributed by atoms with Crippen molar-refractivity contribution in [3.05, 3.63) is 69.8 Å². The summed E-state index contributed by atoms with van der Waals surface area (Å²) in [5.41, 5.74) is 3.16. The zero-order chi connectivity index (χ0) is 16.9. The van der Waals surface area contributed by atoms with Gasteiger partial charge in [0.1, 0.15) is 0 Å². The Morgan fingerprint density at radius 2 is 2.00 bits per heavy atom. The summed E-state index contributed by atoms with van der Waals surface area (Å²) < 4.78 is 0.816. The Labute approximate surface area is 147 Å². The van der Waals surface area contributed by atoms with Gasteiger partial charge in [0.15, 0.2) is 4.34 Å². The van der Waals surface area contributed by atoms with E-state index in [0.29, 0.717) is 5.75 Å². The number of nitrogens with zero attached hydrogens (tertiary/aromatic N) is 3. The molecule has 2 aromatic carbocycles. The van der Waals surface area contributed by atoms with Gasteiger partial charge in [0, 0.05) is 23.6 Å². The molecule has 0 saturated heterocycles. The molecule has 0 atom stereocenters. The van der Waals surface area contributed by atoms with Gasteiger partial charge in [-0.15, -0.1) is 10.2 Å². The van der Waals surface area contributed by atoms with E-state index in [-0.39, 0.29) is 10.6 Å². The topological polar surface area (TPSA) is 81.0 Å². The highest BCUT2D eigenvalue weighted by Gasteiger charge is 2.08. The lowest BCUT2D eigenvalue weighted by Crippen LogP contribution is -1.89. The molecule has 1 heterocycles. The zero-order valence-electron chi connectivity index (χ0n) is 12.8. The molecule has 0 amide bonds. The van der Waals surface area contributed by atoms with E-state index in [1.807, 2.05) is 37.3 Å². The van der Waals surface area contributed by atoms with Crippen molar-refractivity contribution in [1.82, 2.24) is 10.2 Å². The molecule has 0 radical (unpaired) electrons. The molecule has 122 valence electrons. The minimum Gasteiger partial charge on any atom is -0.330 e. The number of hydrogen-bond donors (Lipinski definition) is 1. The highest BCUT2D eigenvalue weighted by atomic mass is 32.2. The third-order valence-electron chi connectivity index (χ3n) is 3.19. The summed E-state index contributed by atoms with van der Waals surface area (Å²) in [7, 11) is 0. The number of thioether (sulfide) groups is 1. The van der Waals surface area contributed by atoms with Gasteiger partial charge in [0.05, 0.1) is 4.92 Å². The number of anilines is 2. The molecule has 0 spiro atoms. The summed E-state index contributed by atoms with van der Waals surface area (Å²) in [4.78, 5) is 10.4. The van der Waals surface area contributed by atoms with Crippen LogP contribution in [0.1, 0.15) is 11.1 Å². The average molecular weight is 358 g/mol. The maximum absolute atomic E-state index is 10.8. The monoisotopic (exact) mass is 358 g/mol. The van der Waals surface area contributed by atoms with E-state index in [1.54, 1.807) is 12.1 Å². The Morgan fingerprint density at radius 3 is 2.75 bits per heavy atom. The van der Waals surface area contributed by atoms with Crippen molar-refractivity contribution in [1.29, 1.82) is 0 Å². The molecule has 3 aromatic rings. The number of benzene rings is 2. The predicted octanol–water partition coefficient (Wildman–Crippen LogP) is 4.79. The summed E-state index contributed by atoms with van der Waals surface area (Å²) in [5.74, 6) is 0.612. The summed E-state index contributed by atoms with van der Waals surface area (Å²) in [6, 6.07) is 14.7. The quantitative estimate of drug-likeness (QED) is 0.387. The van der Waals surface area contributed by atoms with Crippen LogP contribution in [0.2, 0.25) is 0 Å². The molecule has 3 rings (SSSR count). The van der Waals surface area contributed by atoms with Crippen LogP contribution in [-0.2, 0) is 5.75 Å². The first-order chi connectivity index (χ1) is 11.6. The van der Waals surface area contributed by atoms with Gasteiger partial charge in [-0.3, -0.25) is 10.1 Å². The van der Waals surface area contributed by atoms with Gasteiger partial charge < -0.3 is 5.32 Å². The van der Waals surface area contributed by atoms with Gasteiger partial charge in [-0.2, -0.15) is 0 Å². The smallest absolute Gasteiger partial charge is 0.269 e. The van der Waals surface area contributed by atoms with Crippen LogP contribution in [0, 0.1) is 17.0 Å². The van der Waals surface area contributed by atoms with E-state index in [4.69, 9.17) is 0 Å². The van der Waals surface area contributed by atoms with Crippen molar-refractivity contribution >= 4 is 39.6 Å². The van der Waals surface area contributed by atoms with E-state index < -0.39 is 0 Å². The van der Waals surface area contributed by atoms with E-state index in [9.17, 15) is 10.1 Å². The molecule has 0 aliphatic heterocycles. The van der Waals surface area contributed by atoms with Crippen LogP contribution in [0.4, 0.5) is 16.5 Å². The van der Waals surface area contributed by atoms with E-state index >= 15 is 0 Å². The number of aromatic nitrogens is 2. The van der Waals surface area contributed by atoms with E-state index in [2.05, 4.69) is 15.5 Å². The Morgan fingerprint density at radius 1 is 1.21 bits per heavy atom. The summed E-state index contributed by atoms with van der Waals surface area (Å²) in [6.45, 7) is 2.04. The van der Waals surface area contributed by atoms with Gasteiger partial charge in [-0.1, -0.05) is 52.9 Å². The molecule has 1 N–H and O–H groups in total. The number of nitro benzene ring substituents is 1. The van der Waals surface area contributed by atoms with E-state index in [1.165, 1.54) is 34.7 Å². The minimum absolute atomic E-state index is 0.104. The number of nitro groups is 1. The molecular weight excluding hydrogens is 344 g/mol. The maximum Gasteiger partial charge on any atom is 0.269 e. The minimum atomic E-state index is -0.386. The third-order valence-corrected chi connectivity index (χ3v) is 5.24. The van der Waals surface area contributed by atoms with Crippen LogP contribution < -0.4 is 5.32 Å². The number of nitrogens with one attached hydrogen (secondary N) is 1. The largest absolute Gasteiger partial charge is 0.330 e. The first-order valence-corrected chi connectivity index (χ1v) is 8.94.